The van der Waals surface area contributed by atoms with Crippen LogP contribution in [-0.2, 0) is 21.7 Å². The first-order valence-electron chi connectivity index (χ1n) is 21.1. The molecular weight excluding hydrogens is 719 g/mol. The van der Waals surface area contributed by atoms with E-state index < -0.39 is 10.0 Å². The van der Waals surface area contributed by atoms with Gasteiger partial charge in [-0.25, -0.2) is 0 Å². The summed E-state index contributed by atoms with van der Waals surface area (Å²) in [6, 6.07) is 49.7. The lowest BCUT2D eigenvalue weighted by molar-refractivity contribution is 0.589. The summed E-state index contributed by atoms with van der Waals surface area (Å²) in [5.74, 6) is 0. The van der Waals surface area contributed by atoms with E-state index in [0.29, 0.717) is 0 Å². The molecule has 0 fully saturated rings. The second-order valence-corrected chi connectivity index (χ2v) is 24.9. The molecule has 2 aliphatic heterocycles. The predicted molar refractivity (Wildman–Crippen MR) is 258 cm³/mol. The van der Waals surface area contributed by atoms with Gasteiger partial charge in [0.2, 0.25) is 0 Å². The van der Waals surface area contributed by atoms with E-state index in [1.54, 1.807) is 0 Å². The summed E-state index contributed by atoms with van der Waals surface area (Å²) in [7, 11) is -1.43. The van der Waals surface area contributed by atoms with Crippen molar-refractivity contribution in [3.05, 3.63) is 150 Å². The average molecular weight is 783 g/mol. The number of anilines is 6. The second-order valence-electron chi connectivity index (χ2n) is 21.3. The number of hydrogen-bond donors (Lipinski definition) is 0. The molecule has 0 N–H and O–H groups in total. The molecule has 6 aromatic carbocycles. The maximum absolute atomic E-state index is 2.62. The maximum Gasteiger partial charge on any atom is 0.252 e. The van der Waals surface area contributed by atoms with Crippen LogP contribution >= 0.6 is 10.0 Å². The minimum absolute atomic E-state index is 0.00271. The highest BCUT2D eigenvalue weighted by atomic mass is 32.3. The van der Waals surface area contributed by atoms with Crippen molar-refractivity contribution in [3.63, 3.8) is 0 Å². The minimum Gasteiger partial charge on any atom is -0.311 e. The van der Waals surface area contributed by atoms with Crippen LogP contribution in [0.3, 0.4) is 0 Å². The summed E-state index contributed by atoms with van der Waals surface area (Å²) in [6.07, 6.45) is 4.95. The average Bonchev–Trinajstić information content (AvgIpc) is 3.16. The van der Waals surface area contributed by atoms with E-state index in [1.807, 2.05) is 0 Å². The van der Waals surface area contributed by atoms with Crippen molar-refractivity contribution in [1.29, 1.82) is 0 Å². The lowest BCUT2D eigenvalue weighted by atomic mass is 9.33. The van der Waals surface area contributed by atoms with E-state index in [2.05, 4.69) is 233 Å². The normalized spacial score (nSPS) is 14.6. The van der Waals surface area contributed by atoms with Crippen LogP contribution in [-0.4, -0.2) is 19.2 Å². The van der Waals surface area contributed by atoms with Gasteiger partial charge in [0.25, 0.3) is 6.71 Å². The van der Waals surface area contributed by atoms with Crippen molar-refractivity contribution >= 4 is 67.3 Å². The van der Waals surface area contributed by atoms with Crippen molar-refractivity contribution in [3.8, 4) is 0 Å². The molecule has 0 radical (unpaired) electrons. The third-order valence-corrected chi connectivity index (χ3v) is 15.5. The largest absolute Gasteiger partial charge is 0.311 e. The van der Waals surface area contributed by atoms with Gasteiger partial charge in [-0.3, -0.25) is 0 Å². The van der Waals surface area contributed by atoms with Crippen molar-refractivity contribution in [2.45, 2.75) is 115 Å². The second kappa shape index (κ2) is 13.7. The highest BCUT2D eigenvalue weighted by Gasteiger charge is 2.45. The smallest absolute Gasteiger partial charge is 0.252 e. The zero-order valence-electron chi connectivity index (χ0n) is 37.5. The quantitative estimate of drug-likeness (QED) is 0.164. The Hall–Kier alpha value is -4.67. The van der Waals surface area contributed by atoms with Crippen LogP contribution < -0.4 is 26.2 Å². The van der Waals surface area contributed by atoms with Gasteiger partial charge in [-0.05, 0) is 143 Å². The van der Waals surface area contributed by atoms with E-state index in [4.69, 9.17) is 0 Å². The fourth-order valence-corrected chi connectivity index (χ4v) is 10.8. The van der Waals surface area contributed by atoms with E-state index in [1.165, 1.54) is 82.6 Å². The summed E-state index contributed by atoms with van der Waals surface area (Å²) in [5, 5.41) is 0. The Morgan fingerprint density at radius 1 is 0.379 bits per heavy atom. The first kappa shape index (κ1) is 40.1. The Morgan fingerprint density at radius 2 is 0.897 bits per heavy atom. The molecule has 0 unspecified atom stereocenters. The maximum atomic E-state index is 2.62. The van der Waals surface area contributed by atoms with Crippen LogP contribution in [0.25, 0.3) is 0 Å². The topological polar surface area (TPSA) is 6.48 Å². The molecular formula is C54H63BN2S. The molecule has 6 aromatic rings. The van der Waals surface area contributed by atoms with Crippen LogP contribution in [0.4, 0.5) is 34.1 Å². The van der Waals surface area contributed by atoms with Gasteiger partial charge in [-0.2, -0.15) is 10.0 Å². The van der Waals surface area contributed by atoms with Crippen molar-refractivity contribution < 1.29 is 0 Å². The molecule has 0 atom stereocenters. The van der Waals surface area contributed by atoms with Gasteiger partial charge in [-0.1, -0.05) is 150 Å². The zero-order chi connectivity index (χ0) is 41.7. The molecule has 298 valence electrons. The van der Waals surface area contributed by atoms with Gasteiger partial charge in [0.1, 0.15) is 0 Å². The van der Waals surface area contributed by atoms with Crippen LogP contribution in [0, 0.1) is 0 Å². The monoisotopic (exact) mass is 782 g/mol. The van der Waals surface area contributed by atoms with Gasteiger partial charge < -0.3 is 9.80 Å². The molecule has 0 aromatic heterocycles. The molecule has 0 spiro atoms. The third kappa shape index (κ3) is 6.90. The molecule has 0 aliphatic carbocycles. The molecule has 0 saturated heterocycles. The van der Waals surface area contributed by atoms with E-state index in [9.17, 15) is 0 Å². The van der Waals surface area contributed by atoms with Gasteiger partial charge in [0.05, 0.1) is 0 Å². The summed E-state index contributed by atoms with van der Waals surface area (Å²) >= 11 is 0. The highest BCUT2D eigenvalue weighted by Crippen LogP contribution is 2.59. The van der Waals surface area contributed by atoms with Crippen LogP contribution in [0.5, 0.6) is 0 Å². The Bertz CT molecular complexity index is 2520. The standard InChI is InChI=1S/C54H63BN2S/c1-51(2,3)36-23-27-40(28-24-36)56-46-30-26-38(53(7,8)9)32-45(46)55-44-29-25-39(54(10,11)12)33-47(44)57(41-20-18-19-37(31-41)52(4,5)6)49-35-43(34-48(56)50(49)55)58(13,14)42-21-16-15-17-22-42/h15-35H,1-14H3. The van der Waals surface area contributed by atoms with Crippen LogP contribution in [0.15, 0.2) is 137 Å². The lowest BCUT2D eigenvalue weighted by Crippen LogP contribution is -2.61. The first-order chi connectivity index (χ1) is 27.0. The third-order valence-electron chi connectivity index (χ3n) is 12.7. The fourth-order valence-electron chi connectivity index (χ4n) is 8.88. The van der Waals surface area contributed by atoms with Crippen molar-refractivity contribution in [2.75, 3.05) is 22.3 Å². The molecule has 2 nitrogen and oxygen atoms in total. The SMILES string of the molecule is CC(C)(C)c1ccc(N2c3ccc(C(C)(C)C)cc3B3c4ccc(C(C)(C)C)cc4N(c4cccc(C(C)(C)C)c4)c4cc(S(C)(C)c5ccccc5)cc2c43)cc1. The van der Waals surface area contributed by atoms with Crippen LogP contribution in [0.1, 0.15) is 105 Å². The Balaban J connectivity index is 1.53. The molecule has 8 rings (SSSR count). The summed E-state index contributed by atoms with van der Waals surface area (Å²) in [5.41, 5.74) is 17.0. The predicted octanol–water partition coefficient (Wildman–Crippen LogP) is 13.4. The first-order valence-corrected chi connectivity index (χ1v) is 23.6. The van der Waals surface area contributed by atoms with Gasteiger partial charge in [0, 0.05) is 34.1 Å². The van der Waals surface area contributed by atoms with Gasteiger partial charge >= 0.3 is 0 Å². The number of fused-ring (bicyclic) bond motifs is 4. The summed E-state index contributed by atoms with van der Waals surface area (Å²) in [6.45, 7) is 28.0. The summed E-state index contributed by atoms with van der Waals surface area (Å²) < 4.78 is 0. The lowest BCUT2D eigenvalue weighted by Gasteiger charge is -2.46. The number of benzene rings is 6. The molecule has 0 saturated carbocycles. The van der Waals surface area contributed by atoms with Crippen molar-refractivity contribution in [2.24, 2.45) is 0 Å². The van der Waals surface area contributed by atoms with Crippen molar-refractivity contribution in [1.82, 2.24) is 0 Å². The molecule has 0 amide bonds. The van der Waals surface area contributed by atoms with Gasteiger partial charge in [-0.15, -0.1) is 0 Å². The Morgan fingerprint density at radius 3 is 1.48 bits per heavy atom. The molecule has 0 bridgehead atoms. The Kier molecular flexibility index (Phi) is 9.48. The summed E-state index contributed by atoms with van der Waals surface area (Å²) in [4.78, 5) is 7.98. The molecule has 4 heteroatoms. The molecule has 58 heavy (non-hydrogen) atoms. The van der Waals surface area contributed by atoms with E-state index >= 15 is 0 Å². The number of rotatable bonds is 4. The minimum atomic E-state index is -1.43. The van der Waals surface area contributed by atoms with E-state index in [-0.39, 0.29) is 28.4 Å². The molecule has 2 aliphatic rings. The molecule has 2 heterocycles. The van der Waals surface area contributed by atoms with E-state index in [0.717, 1.165) is 0 Å². The van der Waals surface area contributed by atoms with Crippen LogP contribution in [0.2, 0.25) is 0 Å². The number of nitrogens with zero attached hydrogens (tertiary/aromatic N) is 2. The Labute approximate surface area is 352 Å². The fraction of sp³-hybridized carbons (Fsp3) is 0.333. The number of hydrogen-bond acceptors (Lipinski definition) is 2. The van der Waals surface area contributed by atoms with Gasteiger partial charge in [0.15, 0.2) is 0 Å². The zero-order valence-corrected chi connectivity index (χ0v) is 38.3. The highest BCUT2D eigenvalue weighted by molar-refractivity contribution is 8.32.